The van der Waals surface area contributed by atoms with Crippen LogP contribution in [0, 0.1) is 0 Å². The normalized spacial score (nSPS) is 10.6. The van der Waals surface area contributed by atoms with Crippen molar-refractivity contribution in [3.05, 3.63) is 54.6 Å². The Morgan fingerprint density at radius 1 is 1.13 bits per heavy atom. The number of hydrogen-bond acceptors (Lipinski definition) is 5. The van der Waals surface area contributed by atoms with Crippen LogP contribution < -0.4 is 10.5 Å². The fraction of sp³-hybridized carbons (Fsp3) is 0.294. The highest BCUT2D eigenvalue weighted by Gasteiger charge is 2.09. The first kappa shape index (κ1) is 20.4. The van der Waals surface area contributed by atoms with Gasteiger partial charge in [0.2, 0.25) is 5.91 Å². The smallest absolute Gasteiger partial charge is 0.333 e. The van der Waals surface area contributed by atoms with Gasteiger partial charge in [0.1, 0.15) is 25.1 Å². The first-order valence-electron chi connectivity index (χ1n) is 6.88. The van der Waals surface area contributed by atoms with E-state index in [1.165, 1.54) is 0 Å². The van der Waals surface area contributed by atoms with Gasteiger partial charge in [0, 0.05) is 11.1 Å². The summed E-state index contributed by atoms with van der Waals surface area (Å²) in [4.78, 5) is 20.9. The number of benzene rings is 1. The highest BCUT2D eigenvalue weighted by Crippen LogP contribution is 2.08. The molecule has 0 heterocycles. The Labute approximate surface area is 136 Å². The molecule has 1 unspecified atom stereocenters. The number of aliphatic hydroxyl groups excluding tert-OH is 1. The van der Waals surface area contributed by atoms with Gasteiger partial charge in [-0.2, -0.15) is 0 Å². The van der Waals surface area contributed by atoms with E-state index < -0.39 is 18.0 Å². The van der Waals surface area contributed by atoms with Gasteiger partial charge in [-0.3, -0.25) is 4.79 Å². The third-order valence-corrected chi connectivity index (χ3v) is 2.36. The van der Waals surface area contributed by atoms with E-state index in [0.717, 1.165) is 0 Å². The van der Waals surface area contributed by atoms with Crippen molar-refractivity contribution in [2.45, 2.75) is 20.0 Å². The third kappa shape index (κ3) is 10.7. The Bertz CT molecular complexity index is 527. The number of primary amides is 1. The molecule has 0 aliphatic heterocycles. The molecule has 3 N–H and O–H groups in total. The monoisotopic (exact) mass is 321 g/mol. The molecule has 0 spiro atoms. The summed E-state index contributed by atoms with van der Waals surface area (Å²) in [5, 5.41) is 9.51. The number of aliphatic hydroxyl groups is 1. The van der Waals surface area contributed by atoms with Gasteiger partial charge in [0.15, 0.2) is 0 Å². The van der Waals surface area contributed by atoms with Crippen LogP contribution in [-0.2, 0) is 14.3 Å². The number of ether oxygens (including phenoxy) is 2. The minimum atomic E-state index is -0.849. The Hall–Kier alpha value is -2.60. The second-order valence-corrected chi connectivity index (χ2v) is 4.80. The van der Waals surface area contributed by atoms with Gasteiger partial charge >= 0.3 is 5.97 Å². The summed E-state index contributed by atoms with van der Waals surface area (Å²) in [6, 6.07) is 9.11. The van der Waals surface area contributed by atoms with Crippen LogP contribution in [-0.4, -0.2) is 36.3 Å². The van der Waals surface area contributed by atoms with E-state index in [0.29, 0.717) is 16.9 Å². The van der Waals surface area contributed by atoms with Gasteiger partial charge in [-0.15, -0.1) is 0 Å². The third-order valence-electron chi connectivity index (χ3n) is 2.36. The largest absolute Gasteiger partial charge is 0.491 e. The molecule has 0 saturated heterocycles. The average molecular weight is 321 g/mol. The molecule has 0 saturated carbocycles. The fourth-order valence-electron chi connectivity index (χ4n) is 1.05. The minimum Gasteiger partial charge on any atom is -0.491 e. The molecular formula is C17H23NO5. The number of nitrogens with two attached hydrogens (primary N) is 1. The zero-order valence-electron chi connectivity index (χ0n) is 13.5. The summed E-state index contributed by atoms with van der Waals surface area (Å²) in [5.41, 5.74) is 5.40. The van der Waals surface area contributed by atoms with E-state index in [1.807, 2.05) is 18.2 Å². The zero-order chi connectivity index (χ0) is 17.8. The van der Waals surface area contributed by atoms with E-state index in [2.05, 4.69) is 13.2 Å². The molecule has 6 nitrogen and oxygen atoms in total. The van der Waals surface area contributed by atoms with Gasteiger partial charge in [0.25, 0.3) is 0 Å². The van der Waals surface area contributed by atoms with Crippen molar-refractivity contribution in [2.75, 3.05) is 13.2 Å². The van der Waals surface area contributed by atoms with E-state index in [-0.39, 0.29) is 13.2 Å². The average Bonchev–Trinajstić information content (AvgIpc) is 2.51. The lowest BCUT2D eigenvalue weighted by atomic mass is 10.3. The van der Waals surface area contributed by atoms with E-state index in [1.54, 1.807) is 26.0 Å². The topological polar surface area (TPSA) is 98.8 Å². The number of para-hydroxylation sites is 1. The van der Waals surface area contributed by atoms with Gasteiger partial charge in [0.05, 0.1) is 0 Å². The number of esters is 1. The molecule has 6 heteroatoms. The van der Waals surface area contributed by atoms with Crippen molar-refractivity contribution >= 4 is 11.9 Å². The Morgan fingerprint density at radius 2 is 1.65 bits per heavy atom. The maximum atomic E-state index is 11.0. The van der Waals surface area contributed by atoms with Crippen molar-refractivity contribution in [1.82, 2.24) is 0 Å². The summed E-state index contributed by atoms with van der Waals surface area (Å²) in [5.74, 6) is -0.281. The van der Waals surface area contributed by atoms with Crippen LogP contribution >= 0.6 is 0 Å². The molecule has 0 aliphatic carbocycles. The second-order valence-electron chi connectivity index (χ2n) is 4.80. The Balaban J connectivity index is 0.000000688. The van der Waals surface area contributed by atoms with Crippen molar-refractivity contribution in [2.24, 2.45) is 5.73 Å². The van der Waals surface area contributed by atoms with E-state index in [9.17, 15) is 14.7 Å². The quantitative estimate of drug-likeness (QED) is 0.587. The van der Waals surface area contributed by atoms with Crippen LogP contribution in [0.4, 0.5) is 0 Å². The van der Waals surface area contributed by atoms with Crippen molar-refractivity contribution in [3.8, 4) is 5.75 Å². The molecule has 23 heavy (non-hydrogen) atoms. The molecule has 0 fully saturated rings. The summed E-state index contributed by atoms with van der Waals surface area (Å²) in [6.07, 6.45) is -0.849. The predicted octanol–water partition coefficient (Wildman–Crippen LogP) is 1.59. The van der Waals surface area contributed by atoms with Crippen molar-refractivity contribution in [1.29, 1.82) is 0 Å². The molecule has 1 aromatic rings. The molecule has 126 valence electrons. The van der Waals surface area contributed by atoms with Crippen molar-refractivity contribution < 1.29 is 24.2 Å². The van der Waals surface area contributed by atoms with Crippen LogP contribution in [0.5, 0.6) is 5.75 Å². The molecule has 0 aromatic heterocycles. The fourth-order valence-corrected chi connectivity index (χ4v) is 1.05. The minimum absolute atomic E-state index is 0.0769. The molecule has 0 bridgehead atoms. The number of hydrogen-bond donors (Lipinski definition) is 2. The maximum absolute atomic E-state index is 11.0. The lowest BCUT2D eigenvalue weighted by molar-refractivity contribution is -0.142. The zero-order valence-corrected chi connectivity index (χ0v) is 13.5. The van der Waals surface area contributed by atoms with Crippen LogP contribution in [0.25, 0.3) is 0 Å². The SMILES string of the molecule is C=C(C)C(=O)OCC(O)COc1ccccc1.C=C(C)C(N)=O. The molecule has 1 rings (SSSR count). The Kier molecular flexibility index (Phi) is 9.78. The number of carbonyl (C=O) groups is 2. The van der Waals surface area contributed by atoms with E-state index >= 15 is 0 Å². The lowest BCUT2D eigenvalue weighted by Gasteiger charge is -2.12. The number of amides is 1. The maximum Gasteiger partial charge on any atom is 0.333 e. The molecule has 1 amide bonds. The lowest BCUT2D eigenvalue weighted by Crippen LogP contribution is -2.25. The molecular weight excluding hydrogens is 298 g/mol. The number of carbonyl (C=O) groups excluding carboxylic acids is 2. The van der Waals surface area contributed by atoms with Crippen LogP contribution in [0.15, 0.2) is 54.6 Å². The van der Waals surface area contributed by atoms with Gasteiger partial charge in [-0.1, -0.05) is 31.4 Å². The summed E-state index contributed by atoms with van der Waals surface area (Å²) >= 11 is 0. The second kappa shape index (κ2) is 11.0. The highest BCUT2D eigenvalue weighted by molar-refractivity contribution is 5.90. The summed E-state index contributed by atoms with van der Waals surface area (Å²) < 4.78 is 10.1. The van der Waals surface area contributed by atoms with Gasteiger partial charge in [-0.25, -0.2) is 4.79 Å². The van der Waals surface area contributed by atoms with Crippen LogP contribution in [0.1, 0.15) is 13.8 Å². The van der Waals surface area contributed by atoms with Gasteiger partial charge in [-0.05, 0) is 26.0 Å². The van der Waals surface area contributed by atoms with Gasteiger partial charge < -0.3 is 20.3 Å². The predicted molar refractivity (Wildman–Crippen MR) is 87.7 cm³/mol. The number of rotatable bonds is 7. The summed E-state index contributed by atoms with van der Waals surface area (Å²) in [7, 11) is 0. The van der Waals surface area contributed by atoms with Crippen molar-refractivity contribution in [3.63, 3.8) is 0 Å². The first-order chi connectivity index (χ1) is 10.7. The standard InChI is InChI=1S/C13H16O4.C4H7NO/c1-10(2)13(15)17-9-11(14)8-16-12-6-4-3-5-7-12;1-3(2)4(5)6/h3-7,11,14H,1,8-9H2,2H3;1H2,2H3,(H2,5,6). The molecule has 0 radical (unpaired) electrons. The van der Waals surface area contributed by atoms with Crippen LogP contribution in [0.3, 0.4) is 0 Å². The van der Waals surface area contributed by atoms with Crippen LogP contribution in [0.2, 0.25) is 0 Å². The Morgan fingerprint density at radius 3 is 2.09 bits per heavy atom. The molecule has 1 aromatic carbocycles. The van der Waals surface area contributed by atoms with E-state index in [4.69, 9.17) is 15.2 Å². The molecule has 1 atom stereocenters. The highest BCUT2D eigenvalue weighted by atomic mass is 16.5. The molecule has 0 aliphatic rings. The summed E-state index contributed by atoms with van der Waals surface area (Å²) in [6.45, 7) is 9.82. The first-order valence-corrected chi connectivity index (χ1v) is 6.88.